The maximum atomic E-state index is 14.2. The van der Waals surface area contributed by atoms with Gasteiger partial charge in [-0.05, 0) is 95.2 Å². The number of nitrogens with zero attached hydrogens (tertiary/aromatic N) is 4. The van der Waals surface area contributed by atoms with E-state index >= 15 is 0 Å². The molecule has 0 aromatic heterocycles. The second-order valence-corrected chi connectivity index (χ2v) is 23.5. The fourth-order valence-electron chi connectivity index (χ4n) is 6.29. The zero-order valence-corrected chi connectivity index (χ0v) is 44.7. The van der Waals surface area contributed by atoms with Gasteiger partial charge in [0, 0.05) is 25.2 Å². The van der Waals surface area contributed by atoms with Crippen molar-refractivity contribution < 1.29 is 83.8 Å². The normalized spacial score (nSPS) is 13.6. The van der Waals surface area contributed by atoms with Crippen molar-refractivity contribution in [1.29, 1.82) is 0 Å². The third-order valence-corrected chi connectivity index (χ3v) is 12.8. The maximum absolute atomic E-state index is 14.2. The molecule has 0 aliphatic heterocycles. The van der Waals surface area contributed by atoms with Gasteiger partial charge in [0.25, 0.3) is 31.4 Å². The molecule has 0 aliphatic rings. The topological polar surface area (TPSA) is 303 Å². The first-order valence-corrected chi connectivity index (χ1v) is 25.7. The Hall–Kier alpha value is -5.22. The average molecular weight is 1060 g/mol. The highest BCUT2D eigenvalue weighted by Gasteiger charge is 2.44. The first-order chi connectivity index (χ1) is 33.1. The van der Waals surface area contributed by atoms with Crippen LogP contribution in [0.2, 0.25) is 0 Å². The number of benzene rings is 2. The summed E-state index contributed by atoms with van der Waals surface area (Å²) in [5.41, 5.74) is -5.77. The number of carbonyl (C=O) groups is 4. The zero-order valence-electron chi connectivity index (χ0n) is 43.0. The van der Waals surface area contributed by atoms with Gasteiger partial charge in [-0.15, -0.1) is 0 Å². The Morgan fingerprint density at radius 1 is 0.472 bits per heavy atom. The molecule has 0 aliphatic carbocycles. The van der Waals surface area contributed by atoms with Crippen LogP contribution in [0, 0.1) is 20.2 Å². The minimum absolute atomic E-state index is 0.0177. The molecule has 0 N–H and O–H groups in total. The Morgan fingerprint density at radius 2 is 0.736 bits per heavy atom. The van der Waals surface area contributed by atoms with Crippen molar-refractivity contribution in [2.75, 3.05) is 65.9 Å². The minimum Gasteiger partial charge on any atom is -0.460 e. The third-order valence-electron chi connectivity index (χ3n) is 8.94. The molecule has 0 amide bonds. The van der Waals surface area contributed by atoms with Gasteiger partial charge in [-0.3, -0.25) is 39.4 Å². The Morgan fingerprint density at radius 3 is 1.00 bits per heavy atom. The van der Waals surface area contributed by atoms with Crippen molar-refractivity contribution >= 4 is 55.3 Å². The van der Waals surface area contributed by atoms with Crippen molar-refractivity contribution in [2.24, 2.45) is 0 Å². The molecule has 2 aromatic carbocycles. The van der Waals surface area contributed by atoms with Crippen LogP contribution in [0.25, 0.3) is 0 Å². The highest BCUT2D eigenvalue weighted by molar-refractivity contribution is 7.89. The lowest BCUT2D eigenvalue weighted by Gasteiger charge is -2.32. The number of hydrogen-bond donors (Lipinski definition) is 0. The van der Waals surface area contributed by atoms with Gasteiger partial charge in [-0.1, -0.05) is 24.3 Å². The van der Waals surface area contributed by atoms with Crippen LogP contribution < -0.4 is 0 Å². The molecule has 2 aromatic rings. The van der Waals surface area contributed by atoms with Crippen LogP contribution in [0.1, 0.15) is 95.9 Å². The van der Waals surface area contributed by atoms with Crippen LogP contribution in [-0.2, 0) is 77.1 Å². The number of rotatable bonds is 29. The lowest BCUT2D eigenvalue weighted by Crippen LogP contribution is -2.50. The van der Waals surface area contributed by atoms with E-state index in [9.17, 15) is 56.2 Å². The van der Waals surface area contributed by atoms with Gasteiger partial charge in [-0.25, -0.2) is 16.8 Å². The Bertz CT molecular complexity index is 2220. The van der Waals surface area contributed by atoms with Crippen LogP contribution in [0.5, 0.6) is 0 Å². The molecule has 2 rings (SSSR count). The molecule has 72 heavy (non-hydrogen) atoms. The highest BCUT2D eigenvalue weighted by atomic mass is 32.2. The van der Waals surface area contributed by atoms with E-state index in [1.807, 2.05) is 0 Å². The summed E-state index contributed by atoms with van der Waals surface area (Å²) in [5, 5.41) is 23.8. The largest absolute Gasteiger partial charge is 0.460 e. The van der Waals surface area contributed by atoms with Crippen molar-refractivity contribution in [3.63, 3.8) is 0 Å². The lowest BCUT2D eigenvalue weighted by atomic mass is 10.1. The van der Waals surface area contributed by atoms with E-state index in [2.05, 4.69) is 0 Å². The molecule has 0 bridgehead atoms. The standard InChI is InChI=1S/C46H70N4O20S2/c1-43(2,3)67-39(51)31-35(41(53)69-45(7,8)9)47(71(59,60)37-19-15-13-17-33(37)49(55)56)21-23-63-25-27-65-29-30-66-28-26-64-24-22-48(72(61,62)38-20-16-14-18-34(38)50(57)58)36(42(54)70-46(10,11)12)32-40(52)68-44(4,5)6/h13-20,35-36H,21-32H2,1-12H3/t35-,36-/m0/s1. The van der Waals surface area contributed by atoms with E-state index < -0.39 is 135 Å². The Labute approximate surface area is 421 Å². The number of para-hydroxylation sites is 2. The summed E-state index contributed by atoms with van der Waals surface area (Å²) in [7, 11) is -9.75. The Balaban J connectivity index is 2.10. The molecule has 26 heteroatoms. The van der Waals surface area contributed by atoms with Gasteiger partial charge in [0.2, 0.25) is 0 Å². The summed E-state index contributed by atoms with van der Waals surface area (Å²) in [6.45, 7) is 16.8. The molecule has 0 heterocycles. The molecular weight excluding hydrogens is 993 g/mol. The van der Waals surface area contributed by atoms with E-state index in [1.54, 1.807) is 83.1 Å². The Kier molecular flexibility index (Phi) is 23.7. The van der Waals surface area contributed by atoms with Crippen LogP contribution in [0.15, 0.2) is 58.3 Å². The van der Waals surface area contributed by atoms with Crippen molar-refractivity contribution in [3.8, 4) is 0 Å². The SMILES string of the molecule is CC(C)(C)OC(=O)C[C@@H](C(=O)OC(C)(C)C)N(CCOCCOCCOCCOCCN([C@@H](CC(=O)OC(C)(C)C)C(=O)OC(C)(C)C)S(=O)(=O)c1ccccc1[N+](=O)[O-])S(=O)(=O)c1ccccc1[N+](=O)[O-]. The van der Waals surface area contributed by atoms with E-state index in [0.29, 0.717) is 8.61 Å². The fraction of sp³-hybridized carbons (Fsp3) is 0.652. The van der Waals surface area contributed by atoms with Crippen molar-refractivity contribution in [3.05, 3.63) is 68.8 Å². The van der Waals surface area contributed by atoms with Gasteiger partial charge in [0.15, 0.2) is 9.79 Å². The minimum atomic E-state index is -4.87. The number of nitro groups is 2. The van der Waals surface area contributed by atoms with E-state index in [-0.39, 0.29) is 52.9 Å². The second-order valence-electron chi connectivity index (χ2n) is 19.8. The monoisotopic (exact) mass is 1060 g/mol. The van der Waals surface area contributed by atoms with Gasteiger partial charge >= 0.3 is 23.9 Å². The lowest BCUT2D eigenvalue weighted by molar-refractivity contribution is -0.388. The fourth-order valence-corrected chi connectivity index (χ4v) is 9.73. The number of nitro benzene ring substituents is 2. The number of esters is 4. The summed E-state index contributed by atoms with van der Waals surface area (Å²) in [5.74, 6) is -4.06. The maximum Gasteiger partial charge on any atom is 0.325 e. The third kappa shape index (κ3) is 21.9. The molecule has 0 spiro atoms. The molecule has 0 radical (unpaired) electrons. The van der Waals surface area contributed by atoms with E-state index in [4.69, 9.17) is 37.9 Å². The predicted octanol–water partition coefficient (Wildman–Crippen LogP) is 5.14. The number of hydrogen-bond acceptors (Lipinski definition) is 20. The van der Waals surface area contributed by atoms with Gasteiger partial charge in [0.1, 0.15) is 34.5 Å². The molecule has 0 unspecified atom stereocenters. The van der Waals surface area contributed by atoms with Crippen molar-refractivity contribution in [1.82, 2.24) is 8.61 Å². The molecule has 2 atom stereocenters. The predicted molar refractivity (Wildman–Crippen MR) is 257 cm³/mol. The number of sulfonamides is 2. The summed E-state index contributed by atoms with van der Waals surface area (Å²) in [6.07, 6.45) is -1.57. The number of ether oxygens (including phenoxy) is 8. The summed E-state index contributed by atoms with van der Waals surface area (Å²) in [6, 6.07) is 5.47. The second kappa shape index (κ2) is 27.2. The molecule has 24 nitrogen and oxygen atoms in total. The molecule has 406 valence electrons. The molecule has 0 fully saturated rings. The highest BCUT2D eigenvalue weighted by Crippen LogP contribution is 2.31. The van der Waals surface area contributed by atoms with E-state index in [1.165, 1.54) is 24.3 Å². The quantitative estimate of drug-likeness (QED) is 0.0335. The molecule has 0 saturated carbocycles. The molecular formula is C46H70N4O20S2. The van der Waals surface area contributed by atoms with Gasteiger partial charge in [0.05, 0.1) is 75.5 Å². The smallest absolute Gasteiger partial charge is 0.325 e. The van der Waals surface area contributed by atoms with Crippen LogP contribution in [0.4, 0.5) is 11.4 Å². The molecule has 0 saturated heterocycles. The van der Waals surface area contributed by atoms with Crippen molar-refractivity contribution in [2.45, 2.75) is 140 Å². The van der Waals surface area contributed by atoms with E-state index in [0.717, 1.165) is 24.3 Å². The zero-order chi connectivity index (χ0) is 54.9. The first-order valence-electron chi connectivity index (χ1n) is 22.8. The first kappa shape index (κ1) is 62.9. The summed E-state index contributed by atoms with van der Waals surface area (Å²) in [4.78, 5) is 73.9. The van der Waals surface area contributed by atoms with Crippen LogP contribution in [0.3, 0.4) is 0 Å². The number of carbonyl (C=O) groups excluding carboxylic acids is 4. The summed E-state index contributed by atoms with van der Waals surface area (Å²) >= 11 is 0. The van der Waals surface area contributed by atoms with Crippen LogP contribution >= 0.6 is 0 Å². The van der Waals surface area contributed by atoms with Gasteiger partial charge in [-0.2, -0.15) is 8.61 Å². The van der Waals surface area contributed by atoms with Crippen LogP contribution in [-0.4, -0.2) is 160 Å². The summed E-state index contributed by atoms with van der Waals surface area (Å²) < 4.78 is 102. The van der Waals surface area contributed by atoms with Gasteiger partial charge < -0.3 is 37.9 Å². The average Bonchev–Trinajstić information content (AvgIpc) is 3.22.